The Kier molecular flexibility index (Phi) is 4.57. The van der Waals surface area contributed by atoms with Crippen LogP contribution in [0.2, 0.25) is 0 Å². The van der Waals surface area contributed by atoms with Gasteiger partial charge in [0.1, 0.15) is 0 Å². The van der Waals surface area contributed by atoms with Crippen LogP contribution in [0.25, 0.3) is 5.69 Å². The minimum absolute atomic E-state index is 0.840. The molecule has 0 atom stereocenters. The SMILES string of the molecule is C#CCCCNCc1ccc(-n2ccnc2)cc1. The summed E-state index contributed by atoms with van der Waals surface area (Å²) >= 11 is 0. The number of aromatic nitrogens is 2. The molecule has 1 aromatic carbocycles. The highest BCUT2D eigenvalue weighted by Gasteiger charge is 1.96. The van der Waals surface area contributed by atoms with Gasteiger partial charge in [-0.15, -0.1) is 12.3 Å². The summed E-state index contributed by atoms with van der Waals surface area (Å²) in [5, 5.41) is 3.38. The van der Waals surface area contributed by atoms with Crippen molar-refractivity contribution in [1.82, 2.24) is 14.9 Å². The van der Waals surface area contributed by atoms with E-state index in [1.165, 1.54) is 5.56 Å². The molecule has 2 rings (SSSR count). The molecule has 0 aliphatic carbocycles. The molecular formula is C15H17N3. The van der Waals surface area contributed by atoms with Gasteiger partial charge in [0.2, 0.25) is 0 Å². The average Bonchev–Trinajstić information content (AvgIpc) is 2.93. The van der Waals surface area contributed by atoms with Crippen LogP contribution < -0.4 is 5.32 Å². The third kappa shape index (κ3) is 3.47. The topological polar surface area (TPSA) is 29.9 Å². The molecule has 1 aromatic heterocycles. The molecule has 1 heterocycles. The summed E-state index contributed by atoms with van der Waals surface area (Å²) in [5.41, 5.74) is 2.41. The standard InChI is InChI=1S/C15H17N3/c1-2-3-4-9-16-12-14-5-7-15(8-6-14)18-11-10-17-13-18/h1,5-8,10-11,13,16H,3-4,9,12H2. The second-order valence-corrected chi connectivity index (χ2v) is 4.12. The first-order valence-corrected chi connectivity index (χ1v) is 6.11. The Labute approximate surface area is 108 Å². The maximum atomic E-state index is 5.20. The minimum Gasteiger partial charge on any atom is -0.313 e. The predicted octanol–water partition coefficient (Wildman–Crippen LogP) is 2.38. The van der Waals surface area contributed by atoms with E-state index in [9.17, 15) is 0 Å². The predicted molar refractivity (Wildman–Crippen MR) is 73.3 cm³/mol. The van der Waals surface area contributed by atoms with Crippen molar-refractivity contribution in [3.63, 3.8) is 0 Å². The number of rotatable bonds is 6. The van der Waals surface area contributed by atoms with Crippen molar-refractivity contribution in [3.8, 4) is 18.0 Å². The Morgan fingerprint density at radius 2 is 2.11 bits per heavy atom. The highest BCUT2D eigenvalue weighted by atomic mass is 15.0. The summed E-state index contributed by atoms with van der Waals surface area (Å²) in [6.45, 7) is 1.85. The Bertz CT molecular complexity index is 492. The van der Waals surface area contributed by atoms with Crippen LogP contribution in [0, 0.1) is 12.3 Å². The van der Waals surface area contributed by atoms with Gasteiger partial charge >= 0.3 is 0 Å². The number of benzene rings is 1. The van der Waals surface area contributed by atoms with E-state index in [0.717, 1.165) is 31.6 Å². The van der Waals surface area contributed by atoms with Gasteiger partial charge in [-0.2, -0.15) is 0 Å². The highest BCUT2D eigenvalue weighted by molar-refractivity contribution is 5.34. The third-order valence-corrected chi connectivity index (χ3v) is 2.74. The van der Waals surface area contributed by atoms with Gasteiger partial charge in [-0.25, -0.2) is 4.98 Å². The van der Waals surface area contributed by atoms with Crippen LogP contribution in [-0.4, -0.2) is 16.1 Å². The Balaban J connectivity index is 1.83. The monoisotopic (exact) mass is 239 g/mol. The van der Waals surface area contributed by atoms with E-state index in [1.54, 1.807) is 12.5 Å². The number of nitrogens with zero attached hydrogens (tertiary/aromatic N) is 2. The molecule has 0 saturated heterocycles. The zero-order chi connectivity index (χ0) is 12.6. The molecule has 18 heavy (non-hydrogen) atoms. The summed E-state index contributed by atoms with van der Waals surface area (Å²) in [4.78, 5) is 4.03. The maximum absolute atomic E-state index is 5.20. The van der Waals surface area contributed by atoms with Crippen LogP contribution >= 0.6 is 0 Å². The number of hydrogen-bond donors (Lipinski definition) is 1. The lowest BCUT2D eigenvalue weighted by Crippen LogP contribution is -2.14. The van der Waals surface area contributed by atoms with Crippen LogP contribution in [-0.2, 0) is 6.54 Å². The maximum Gasteiger partial charge on any atom is 0.0991 e. The van der Waals surface area contributed by atoms with Crippen molar-refractivity contribution in [2.45, 2.75) is 19.4 Å². The fraction of sp³-hybridized carbons (Fsp3) is 0.267. The van der Waals surface area contributed by atoms with E-state index in [1.807, 2.05) is 10.8 Å². The number of hydrogen-bond acceptors (Lipinski definition) is 2. The molecule has 0 bridgehead atoms. The van der Waals surface area contributed by atoms with Crippen LogP contribution in [0.5, 0.6) is 0 Å². The quantitative estimate of drug-likeness (QED) is 0.619. The van der Waals surface area contributed by atoms with E-state index in [2.05, 4.69) is 40.5 Å². The second kappa shape index (κ2) is 6.63. The van der Waals surface area contributed by atoms with Gasteiger partial charge in [0.15, 0.2) is 0 Å². The van der Waals surface area contributed by atoms with E-state index in [-0.39, 0.29) is 0 Å². The van der Waals surface area contributed by atoms with Gasteiger partial charge in [-0.1, -0.05) is 12.1 Å². The van der Waals surface area contributed by atoms with Crippen molar-refractivity contribution in [3.05, 3.63) is 48.5 Å². The largest absolute Gasteiger partial charge is 0.313 e. The highest BCUT2D eigenvalue weighted by Crippen LogP contribution is 2.09. The molecule has 3 nitrogen and oxygen atoms in total. The van der Waals surface area contributed by atoms with E-state index in [4.69, 9.17) is 6.42 Å². The molecule has 92 valence electrons. The van der Waals surface area contributed by atoms with Gasteiger partial charge < -0.3 is 9.88 Å². The minimum atomic E-state index is 0.840. The van der Waals surface area contributed by atoms with Gasteiger partial charge in [0.05, 0.1) is 6.33 Å². The molecule has 1 N–H and O–H groups in total. The number of imidazole rings is 1. The van der Waals surface area contributed by atoms with E-state index >= 15 is 0 Å². The number of nitrogens with one attached hydrogen (secondary N) is 1. The summed E-state index contributed by atoms with van der Waals surface area (Å²) in [5.74, 6) is 2.64. The molecule has 0 aliphatic rings. The molecule has 0 aliphatic heterocycles. The molecule has 0 radical (unpaired) electrons. The Hall–Kier alpha value is -2.05. The molecule has 0 saturated carbocycles. The van der Waals surface area contributed by atoms with E-state index < -0.39 is 0 Å². The summed E-state index contributed by atoms with van der Waals surface area (Å²) in [6.07, 6.45) is 12.6. The van der Waals surface area contributed by atoms with Crippen molar-refractivity contribution in [2.24, 2.45) is 0 Å². The van der Waals surface area contributed by atoms with Gasteiger partial charge in [-0.05, 0) is 30.7 Å². The van der Waals surface area contributed by atoms with E-state index in [0.29, 0.717) is 0 Å². The normalized spacial score (nSPS) is 10.2. The third-order valence-electron chi connectivity index (χ3n) is 2.74. The molecular weight excluding hydrogens is 222 g/mol. The molecule has 2 aromatic rings. The first kappa shape index (κ1) is 12.4. The smallest absolute Gasteiger partial charge is 0.0991 e. The second-order valence-electron chi connectivity index (χ2n) is 4.12. The van der Waals surface area contributed by atoms with Crippen LogP contribution in [0.4, 0.5) is 0 Å². The average molecular weight is 239 g/mol. The van der Waals surface area contributed by atoms with Crippen LogP contribution in [0.3, 0.4) is 0 Å². The van der Waals surface area contributed by atoms with Gasteiger partial charge in [0.25, 0.3) is 0 Å². The summed E-state index contributed by atoms with van der Waals surface area (Å²) in [7, 11) is 0. The lowest BCUT2D eigenvalue weighted by Gasteiger charge is -2.06. The fourth-order valence-corrected chi connectivity index (χ4v) is 1.75. The van der Waals surface area contributed by atoms with Crippen molar-refractivity contribution in [2.75, 3.05) is 6.54 Å². The van der Waals surface area contributed by atoms with Crippen molar-refractivity contribution < 1.29 is 0 Å². The first-order chi connectivity index (χ1) is 8.90. The summed E-state index contributed by atoms with van der Waals surface area (Å²) < 4.78 is 1.99. The zero-order valence-corrected chi connectivity index (χ0v) is 10.3. The fourth-order valence-electron chi connectivity index (χ4n) is 1.75. The Morgan fingerprint density at radius 1 is 1.28 bits per heavy atom. The molecule has 0 spiro atoms. The lowest BCUT2D eigenvalue weighted by atomic mass is 10.2. The van der Waals surface area contributed by atoms with Crippen molar-refractivity contribution >= 4 is 0 Å². The molecule has 0 unspecified atom stereocenters. The van der Waals surface area contributed by atoms with Crippen LogP contribution in [0.15, 0.2) is 43.0 Å². The van der Waals surface area contributed by atoms with Crippen LogP contribution in [0.1, 0.15) is 18.4 Å². The molecule has 0 amide bonds. The summed E-state index contributed by atoms with van der Waals surface area (Å²) in [6, 6.07) is 8.45. The number of terminal acetylenes is 1. The Morgan fingerprint density at radius 3 is 2.78 bits per heavy atom. The van der Waals surface area contributed by atoms with Gasteiger partial charge in [0, 0.05) is 31.0 Å². The van der Waals surface area contributed by atoms with Gasteiger partial charge in [-0.3, -0.25) is 0 Å². The molecule has 3 heteroatoms. The van der Waals surface area contributed by atoms with Crippen molar-refractivity contribution in [1.29, 1.82) is 0 Å². The molecule has 0 fully saturated rings. The lowest BCUT2D eigenvalue weighted by molar-refractivity contribution is 0.659. The zero-order valence-electron chi connectivity index (χ0n) is 10.3. The first-order valence-electron chi connectivity index (χ1n) is 6.11. The number of unbranched alkanes of at least 4 members (excludes halogenated alkanes) is 1.